The number of imide groups is 1. The zero-order valence-corrected chi connectivity index (χ0v) is 11.4. The van der Waals surface area contributed by atoms with Crippen LogP contribution in [0.25, 0.3) is 0 Å². The molecule has 1 atom stereocenters. The summed E-state index contributed by atoms with van der Waals surface area (Å²) in [4.78, 5) is 43.3. The topological polar surface area (TPSA) is 107 Å². The van der Waals surface area contributed by atoms with Crippen molar-refractivity contribution in [1.29, 1.82) is 0 Å². The van der Waals surface area contributed by atoms with Gasteiger partial charge in [0.15, 0.2) is 0 Å². The minimum absolute atomic E-state index is 0.223. The van der Waals surface area contributed by atoms with Crippen molar-refractivity contribution < 1.29 is 14.4 Å². The first-order valence-electron chi connectivity index (χ1n) is 6.35. The molecule has 1 aliphatic heterocycles. The molecule has 1 unspecified atom stereocenters. The lowest BCUT2D eigenvalue weighted by Gasteiger charge is -2.19. The summed E-state index contributed by atoms with van der Waals surface area (Å²) < 4.78 is 0. The molecule has 0 aromatic carbocycles. The Bertz CT molecular complexity index is 527. The van der Waals surface area contributed by atoms with Crippen LogP contribution in [0.3, 0.4) is 0 Å². The highest BCUT2D eigenvalue weighted by Gasteiger charge is 2.46. The van der Waals surface area contributed by atoms with Crippen molar-refractivity contribution in [1.82, 2.24) is 25.5 Å². The molecule has 0 radical (unpaired) electrons. The second-order valence-corrected chi connectivity index (χ2v) is 4.82. The predicted molar refractivity (Wildman–Crippen MR) is 69.4 cm³/mol. The Kier molecular flexibility index (Phi) is 3.73. The number of nitrogens with zero attached hydrogens (tertiary/aromatic N) is 2. The van der Waals surface area contributed by atoms with Gasteiger partial charge in [-0.3, -0.25) is 14.5 Å². The largest absolute Gasteiger partial charge is 0.347 e. The molecule has 2 rings (SSSR count). The first kappa shape index (κ1) is 14.0. The Morgan fingerprint density at radius 2 is 2.25 bits per heavy atom. The Hall–Kier alpha value is -2.38. The molecule has 0 spiro atoms. The summed E-state index contributed by atoms with van der Waals surface area (Å²) in [5.41, 5.74) is -0.918. The van der Waals surface area contributed by atoms with Crippen LogP contribution in [-0.2, 0) is 16.1 Å². The van der Waals surface area contributed by atoms with Gasteiger partial charge in [0.2, 0.25) is 5.91 Å². The summed E-state index contributed by atoms with van der Waals surface area (Å²) in [5.74, 6) is -0.183. The van der Waals surface area contributed by atoms with Crippen molar-refractivity contribution in [3.8, 4) is 0 Å². The Balaban J connectivity index is 1.91. The number of carbonyl (C=O) groups is 3. The number of urea groups is 1. The minimum Gasteiger partial charge on any atom is -0.347 e. The van der Waals surface area contributed by atoms with Crippen molar-refractivity contribution in [2.75, 3.05) is 6.54 Å². The van der Waals surface area contributed by atoms with Gasteiger partial charge in [-0.05, 0) is 13.3 Å². The Labute approximate surface area is 115 Å². The van der Waals surface area contributed by atoms with Gasteiger partial charge in [0, 0.05) is 12.4 Å². The number of carbonyl (C=O) groups excluding carboxylic acids is 3. The van der Waals surface area contributed by atoms with Gasteiger partial charge in [0.25, 0.3) is 5.91 Å². The van der Waals surface area contributed by atoms with Crippen LogP contribution >= 0.6 is 0 Å². The molecule has 20 heavy (non-hydrogen) atoms. The van der Waals surface area contributed by atoms with E-state index in [1.54, 1.807) is 26.2 Å². The predicted octanol–water partition coefficient (Wildman–Crippen LogP) is -0.254. The quantitative estimate of drug-likeness (QED) is 0.646. The average molecular weight is 279 g/mol. The number of imidazole rings is 1. The molecule has 0 bridgehead atoms. The van der Waals surface area contributed by atoms with E-state index in [2.05, 4.69) is 20.6 Å². The summed E-state index contributed by atoms with van der Waals surface area (Å²) in [6, 6.07) is -0.535. The van der Waals surface area contributed by atoms with E-state index in [0.717, 1.165) is 4.90 Å². The molecule has 8 nitrogen and oxygen atoms in total. The fourth-order valence-corrected chi connectivity index (χ4v) is 1.91. The van der Waals surface area contributed by atoms with Gasteiger partial charge >= 0.3 is 6.03 Å². The van der Waals surface area contributed by atoms with E-state index in [-0.39, 0.29) is 19.0 Å². The van der Waals surface area contributed by atoms with Crippen molar-refractivity contribution in [3.63, 3.8) is 0 Å². The monoisotopic (exact) mass is 279 g/mol. The SMILES string of the molecule is CCC1(C)NC(=O)N(CC(=O)NCc2ncc[nH]2)C1=O. The lowest BCUT2D eigenvalue weighted by molar-refractivity contribution is -0.134. The third-order valence-corrected chi connectivity index (χ3v) is 3.36. The summed E-state index contributed by atoms with van der Waals surface area (Å²) in [7, 11) is 0. The van der Waals surface area contributed by atoms with Crippen LogP contribution in [0.1, 0.15) is 26.1 Å². The van der Waals surface area contributed by atoms with Crippen LogP contribution in [0.5, 0.6) is 0 Å². The van der Waals surface area contributed by atoms with Crippen molar-refractivity contribution in [3.05, 3.63) is 18.2 Å². The molecule has 4 amide bonds. The minimum atomic E-state index is -0.918. The van der Waals surface area contributed by atoms with Crippen LogP contribution in [0.4, 0.5) is 4.79 Å². The first-order chi connectivity index (χ1) is 9.46. The zero-order chi connectivity index (χ0) is 14.8. The number of hydrogen-bond donors (Lipinski definition) is 3. The summed E-state index contributed by atoms with van der Waals surface area (Å²) in [6.45, 7) is 3.38. The zero-order valence-electron chi connectivity index (χ0n) is 11.4. The van der Waals surface area contributed by atoms with Gasteiger partial charge in [0.05, 0.1) is 6.54 Å². The molecular formula is C12H17N5O3. The van der Waals surface area contributed by atoms with Gasteiger partial charge < -0.3 is 15.6 Å². The summed E-state index contributed by atoms with van der Waals surface area (Å²) >= 11 is 0. The van der Waals surface area contributed by atoms with Gasteiger partial charge in [-0.2, -0.15) is 0 Å². The third-order valence-electron chi connectivity index (χ3n) is 3.36. The number of H-pyrrole nitrogens is 1. The van der Waals surface area contributed by atoms with E-state index in [1.165, 1.54) is 0 Å². The molecule has 1 aliphatic rings. The van der Waals surface area contributed by atoms with E-state index in [9.17, 15) is 14.4 Å². The highest BCUT2D eigenvalue weighted by Crippen LogP contribution is 2.20. The van der Waals surface area contributed by atoms with E-state index in [4.69, 9.17) is 0 Å². The van der Waals surface area contributed by atoms with E-state index in [0.29, 0.717) is 12.2 Å². The average Bonchev–Trinajstić information content (AvgIpc) is 3.00. The molecular weight excluding hydrogens is 262 g/mol. The number of aromatic amines is 1. The van der Waals surface area contributed by atoms with Gasteiger partial charge in [-0.25, -0.2) is 9.78 Å². The highest BCUT2D eigenvalue weighted by atomic mass is 16.2. The van der Waals surface area contributed by atoms with E-state index in [1.807, 2.05) is 0 Å². The fourth-order valence-electron chi connectivity index (χ4n) is 1.91. The number of aromatic nitrogens is 2. The molecule has 8 heteroatoms. The number of hydrogen-bond acceptors (Lipinski definition) is 4. The normalized spacial score (nSPS) is 22.0. The third kappa shape index (κ3) is 2.63. The maximum Gasteiger partial charge on any atom is 0.325 e. The molecule has 1 aromatic heterocycles. The van der Waals surface area contributed by atoms with Gasteiger partial charge in [-0.1, -0.05) is 6.92 Å². The maximum absolute atomic E-state index is 12.1. The van der Waals surface area contributed by atoms with Crippen molar-refractivity contribution in [2.24, 2.45) is 0 Å². The van der Waals surface area contributed by atoms with Crippen molar-refractivity contribution in [2.45, 2.75) is 32.4 Å². The first-order valence-corrected chi connectivity index (χ1v) is 6.35. The van der Waals surface area contributed by atoms with Crippen LogP contribution in [0, 0.1) is 0 Å². The lowest BCUT2D eigenvalue weighted by atomic mass is 9.99. The molecule has 0 saturated carbocycles. The number of nitrogens with one attached hydrogen (secondary N) is 3. The van der Waals surface area contributed by atoms with Crippen LogP contribution in [0.15, 0.2) is 12.4 Å². The summed E-state index contributed by atoms with van der Waals surface area (Å²) in [6.07, 6.45) is 3.69. The second kappa shape index (κ2) is 5.32. The Morgan fingerprint density at radius 1 is 1.50 bits per heavy atom. The van der Waals surface area contributed by atoms with Gasteiger partial charge in [0.1, 0.15) is 17.9 Å². The lowest BCUT2D eigenvalue weighted by Crippen LogP contribution is -2.44. The Morgan fingerprint density at radius 3 is 2.80 bits per heavy atom. The van der Waals surface area contributed by atoms with Crippen molar-refractivity contribution >= 4 is 17.8 Å². The van der Waals surface area contributed by atoms with Gasteiger partial charge in [-0.15, -0.1) is 0 Å². The maximum atomic E-state index is 12.1. The van der Waals surface area contributed by atoms with Crippen LogP contribution < -0.4 is 10.6 Å². The number of amides is 4. The molecule has 0 aliphatic carbocycles. The molecule has 1 aromatic rings. The molecule has 108 valence electrons. The molecule has 2 heterocycles. The molecule has 3 N–H and O–H groups in total. The van der Waals surface area contributed by atoms with Crippen LogP contribution in [0.2, 0.25) is 0 Å². The smallest absolute Gasteiger partial charge is 0.325 e. The molecule has 1 fully saturated rings. The second-order valence-electron chi connectivity index (χ2n) is 4.82. The highest BCUT2D eigenvalue weighted by molar-refractivity contribution is 6.08. The van der Waals surface area contributed by atoms with Crippen LogP contribution in [-0.4, -0.2) is 44.8 Å². The molecule has 1 saturated heterocycles. The summed E-state index contributed by atoms with van der Waals surface area (Å²) in [5, 5.41) is 5.19. The standard InChI is InChI=1S/C12H17N5O3/c1-3-12(2)10(19)17(11(20)16-12)7-9(18)15-6-8-13-4-5-14-8/h4-5H,3,6-7H2,1-2H3,(H,13,14)(H,15,18)(H,16,20). The number of rotatable bonds is 5. The van der Waals surface area contributed by atoms with E-state index < -0.39 is 17.5 Å². The fraction of sp³-hybridized carbons (Fsp3) is 0.500. The van der Waals surface area contributed by atoms with E-state index >= 15 is 0 Å².